The molecule has 2 rings (SSSR count). The fourth-order valence-electron chi connectivity index (χ4n) is 3.22. The quantitative estimate of drug-likeness (QED) is 0.783. The van der Waals surface area contributed by atoms with Crippen LogP contribution in [0.4, 0.5) is 0 Å². The lowest BCUT2D eigenvalue weighted by Gasteiger charge is -2.27. The molecule has 1 aliphatic carbocycles. The van der Waals surface area contributed by atoms with Crippen LogP contribution in [-0.2, 0) is 6.42 Å². The zero-order valence-corrected chi connectivity index (χ0v) is 12.3. The summed E-state index contributed by atoms with van der Waals surface area (Å²) in [6.45, 7) is 3.39. The van der Waals surface area contributed by atoms with Crippen LogP contribution < -0.4 is 5.32 Å². The summed E-state index contributed by atoms with van der Waals surface area (Å²) in [5.74, 6) is 0.856. The molecule has 0 spiro atoms. The van der Waals surface area contributed by atoms with Crippen molar-refractivity contribution < 1.29 is 0 Å². The molecular formula is C17H28N2. The SMILES string of the molecule is CCCNC(Cc1cccnc1)C1CCCCCC1. The first-order valence-electron chi connectivity index (χ1n) is 8.02. The fourth-order valence-corrected chi connectivity index (χ4v) is 3.22. The Labute approximate surface area is 118 Å². The minimum absolute atomic E-state index is 0.641. The molecule has 106 valence electrons. The Balaban J connectivity index is 1.97. The lowest BCUT2D eigenvalue weighted by atomic mass is 9.88. The van der Waals surface area contributed by atoms with Gasteiger partial charge in [-0.2, -0.15) is 0 Å². The molecule has 1 atom stereocenters. The van der Waals surface area contributed by atoms with Crippen LogP contribution in [0.2, 0.25) is 0 Å². The van der Waals surface area contributed by atoms with Crippen LogP contribution in [0.1, 0.15) is 57.4 Å². The van der Waals surface area contributed by atoms with Crippen molar-refractivity contribution in [2.75, 3.05) is 6.54 Å². The van der Waals surface area contributed by atoms with E-state index in [0.29, 0.717) is 6.04 Å². The predicted molar refractivity (Wildman–Crippen MR) is 81.2 cm³/mol. The summed E-state index contributed by atoms with van der Waals surface area (Å²) in [6.07, 6.45) is 14.8. The first-order chi connectivity index (χ1) is 9.40. The van der Waals surface area contributed by atoms with Crippen LogP contribution in [0.15, 0.2) is 24.5 Å². The van der Waals surface area contributed by atoms with Crippen molar-refractivity contribution in [1.82, 2.24) is 10.3 Å². The summed E-state index contributed by atoms with van der Waals surface area (Å²) >= 11 is 0. The molecule has 0 bridgehead atoms. The van der Waals surface area contributed by atoms with E-state index >= 15 is 0 Å². The Morgan fingerprint density at radius 2 is 2.05 bits per heavy atom. The molecule has 0 aromatic carbocycles. The van der Waals surface area contributed by atoms with Crippen LogP contribution >= 0.6 is 0 Å². The monoisotopic (exact) mass is 260 g/mol. The van der Waals surface area contributed by atoms with Gasteiger partial charge in [-0.1, -0.05) is 38.7 Å². The number of nitrogens with zero attached hydrogens (tertiary/aromatic N) is 1. The largest absolute Gasteiger partial charge is 0.313 e. The molecule has 19 heavy (non-hydrogen) atoms. The lowest BCUT2D eigenvalue weighted by molar-refractivity contribution is 0.317. The first-order valence-corrected chi connectivity index (χ1v) is 8.02. The molecule has 0 radical (unpaired) electrons. The second-order valence-corrected chi connectivity index (χ2v) is 5.88. The summed E-state index contributed by atoms with van der Waals surface area (Å²) in [5.41, 5.74) is 1.38. The van der Waals surface area contributed by atoms with Gasteiger partial charge in [0.05, 0.1) is 0 Å². The van der Waals surface area contributed by atoms with Crippen LogP contribution in [-0.4, -0.2) is 17.6 Å². The van der Waals surface area contributed by atoms with Crippen molar-refractivity contribution in [1.29, 1.82) is 0 Å². The molecule has 0 saturated heterocycles. The van der Waals surface area contributed by atoms with Crippen LogP contribution in [0.25, 0.3) is 0 Å². The maximum absolute atomic E-state index is 4.25. The van der Waals surface area contributed by atoms with E-state index in [1.807, 2.05) is 12.4 Å². The number of rotatable bonds is 6. The van der Waals surface area contributed by atoms with E-state index in [2.05, 4.69) is 29.4 Å². The molecule has 1 N–H and O–H groups in total. The van der Waals surface area contributed by atoms with E-state index < -0.39 is 0 Å². The van der Waals surface area contributed by atoms with Gasteiger partial charge in [0, 0.05) is 18.4 Å². The minimum atomic E-state index is 0.641. The van der Waals surface area contributed by atoms with Gasteiger partial charge >= 0.3 is 0 Å². The Kier molecular flexibility index (Phi) is 6.35. The van der Waals surface area contributed by atoms with Gasteiger partial charge in [-0.15, -0.1) is 0 Å². The molecule has 2 nitrogen and oxygen atoms in total. The standard InChI is InChI=1S/C17H28N2/c1-2-11-19-17(13-15-8-7-12-18-14-15)16-9-5-3-4-6-10-16/h7-8,12,14,16-17,19H,2-6,9-11,13H2,1H3. The molecule has 1 aromatic rings. The van der Waals surface area contributed by atoms with Crippen molar-refractivity contribution in [3.05, 3.63) is 30.1 Å². The first kappa shape index (κ1) is 14.5. The molecule has 1 saturated carbocycles. The molecular weight excluding hydrogens is 232 g/mol. The molecule has 1 fully saturated rings. The van der Waals surface area contributed by atoms with E-state index in [0.717, 1.165) is 18.9 Å². The molecule has 1 unspecified atom stereocenters. The molecule has 2 heteroatoms. The van der Waals surface area contributed by atoms with Gasteiger partial charge in [-0.3, -0.25) is 4.98 Å². The van der Waals surface area contributed by atoms with E-state index in [1.165, 1.54) is 50.5 Å². The van der Waals surface area contributed by atoms with Gasteiger partial charge in [0.2, 0.25) is 0 Å². The van der Waals surface area contributed by atoms with Crippen molar-refractivity contribution in [3.8, 4) is 0 Å². The highest BCUT2D eigenvalue weighted by Gasteiger charge is 2.22. The molecule has 1 heterocycles. The van der Waals surface area contributed by atoms with Gasteiger partial charge in [-0.05, 0) is 49.8 Å². The predicted octanol–water partition coefficient (Wildman–Crippen LogP) is 3.96. The summed E-state index contributed by atoms with van der Waals surface area (Å²) in [4.78, 5) is 4.25. The van der Waals surface area contributed by atoms with Crippen LogP contribution in [0, 0.1) is 5.92 Å². The van der Waals surface area contributed by atoms with Gasteiger partial charge in [-0.25, -0.2) is 0 Å². The summed E-state index contributed by atoms with van der Waals surface area (Å²) < 4.78 is 0. The third-order valence-corrected chi connectivity index (χ3v) is 4.30. The lowest BCUT2D eigenvalue weighted by Crippen LogP contribution is -2.38. The van der Waals surface area contributed by atoms with E-state index in [4.69, 9.17) is 0 Å². The van der Waals surface area contributed by atoms with Gasteiger partial charge < -0.3 is 5.32 Å². The summed E-state index contributed by atoms with van der Waals surface area (Å²) in [5, 5.41) is 3.79. The summed E-state index contributed by atoms with van der Waals surface area (Å²) in [7, 11) is 0. The normalized spacial score (nSPS) is 19.0. The maximum Gasteiger partial charge on any atom is 0.0300 e. The topological polar surface area (TPSA) is 24.9 Å². The highest BCUT2D eigenvalue weighted by atomic mass is 14.9. The smallest absolute Gasteiger partial charge is 0.0300 e. The number of pyridine rings is 1. The zero-order valence-electron chi connectivity index (χ0n) is 12.3. The number of hydrogen-bond donors (Lipinski definition) is 1. The average molecular weight is 260 g/mol. The van der Waals surface area contributed by atoms with Crippen LogP contribution in [0.3, 0.4) is 0 Å². The number of hydrogen-bond acceptors (Lipinski definition) is 2. The average Bonchev–Trinajstić information content (AvgIpc) is 2.73. The highest BCUT2D eigenvalue weighted by molar-refractivity contribution is 5.10. The highest BCUT2D eigenvalue weighted by Crippen LogP contribution is 2.27. The maximum atomic E-state index is 4.25. The number of nitrogens with one attached hydrogen (secondary N) is 1. The Morgan fingerprint density at radius 3 is 2.68 bits per heavy atom. The second-order valence-electron chi connectivity index (χ2n) is 5.88. The minimum Gasteiger partial charge on any atom is -0.313 e. The van der Waals surface area contributed by atoms with Gasteiger partial charge in [0.25, 0.3) is 0 Å². The Hall–Kier alpha value is -0.890. The molecule has 0 amide bonds. The Morgan fingerprint density at radius 1 is 1.26 bits per heavy atom. The van der Waals surface area contributed by atoms with Crippen molar-refractivity contribution in [2.24, 2.45) is 5.92 Å². The second kappa shape index (κ2) is 8.31. The van der Waals surface area contributed by atoms with E-state index in [-0.39, 0.29) is 0 Å². The van der Waals surface area contributed by atoms with Crippen molar-refractivity contribution in [2.45, 2.75) is 64.3 Å². The van der Waals surface area contributed by atoms with Crippen molar-refractivity contribution >= 4 is 0 Å². The van der Waals surface area contributed by atoms with E-state index in [1.54, 1.807) is 0 Å². The van der Waals surface area contributed by atoms with Gasteiger partial charge in [0.15, 0.2) is 0 Å². The molecule has 0 aliphatic heterocycles. The third-order valence-electron chi connectivity index (χ3n) is 4.30. The molecule has 1 aliphatic rings. The Bertz CT molecular complexity index is 328. The number of aromatic nitrogens is 1. The third kappa shape index (κ3) is 4.94. The van der Waals surface area contributed by atoms with Crippen LogP contribution in [0.5, 0.6) is 0 Å². The van der Waals surface area contributed by atoms with Crippen molar-refractivity contribution in [3.63, 3.8) is 0 Å². The fraction of sp³-hybridized carbons (Fsp3) is 0.706. The van der Waals surface area contributed by atoms with E-state index in [9.17, 15) is 0 Å². The van der Waals surface area contributed by atoms with Gasteiger partial charge in [0.1, 0.15) is 0 Å². The zero-order chi connectivity index (χ0) is 13.3. The molecule has 1 aromatic heterocycles. The summed E-state index contributed by atoms with van der Waals surface area (Å²) in [6, 6.07) is 4.91.